The van der Waals surface area contributed by atoms with Crippen LogP contribution in [0.15, 0.2) is 24.3 Å². The Morgan fingerprint density at radius 2 is 1.67 bits per heavy atom. The van der Waals surface area contributed by atoms with Gasteiger partial charge in [-0.3, -0.25) is 19.3 Å². The highest BCUT2D eigenvalue weighted by Gasteiger charge is 2.41. The van der Waals surface area contributed by atoms with Gasteiger partial charge < -0.3 is 10.4 Å². The molecule has 7 nitrogen and oxygen atoms in total. The third kappa shape index (κ3) is 3.59. The molecule has 7 heteroatoms. The maximum atomic E-state index is 12.7. The molecule has 0 saturated heterocycles. The Kier molecular flexibility index (Phi) is 5.04. The van der Waals surface area contributed by atoms with E-state index in [2.05, 4.69) is 5.32 Å². The van der Waals surface area contributed by atoms with Crippen molar-refractivity contribution in [2.45, 2.75) is 45.1 Å². The summed E-state index contributed by atoms with van der Waals surface area (Å²) < 4.78 is 0. The smallest absolute Gasteiger partial charge is 0.328 e. The Bertz CT molecular complexity index is 766. The van der Waals surface area contributed by atoms with Crippen LogP contribution in [0, 0.1) is 11.8 Å². The monoisotopic (exact) mass is 372 g/mol. The van der Waals surface area contributed by atoms with Gasteiger partial charge in [0.05, 0.1) is 11.1 Å². The molecule has 1 fully saturated rings. The zero-order chi connectivity index (χ0) is 19.8. The average molecular weight is 372 g/mol. The summed E-state index contributed by atoms with van der Waals surface area (Å²) in [6.07, 6.45) is 3.12. The normalized spacial score (nSPS) is 22.5. The number of nitrogens with zero attached hydrogens (tertiary/aromatic N) is 1. The van der Waals surface area contributed by atoms with Crippen LogP contribution in [0.4, 0.5) is 0 Å². The highest BCUT2D eigenvalue weighted by Crippen LogP contribution is 2.33. The lowest BCUT2D eigenvalue weighted by atomic mass is 9.78. The summed E-state index contributed by atoms with van der Waals surface area (Å²) in [4.78, 5) is 50.5. The van der Waals surface area contributed by atoms with Crippen molar-refractivity contribution in [3.8, 4) is 0 Å². The largest absolute Gasteiger partial charge is 0.480 e. The molecule has 144 valence electrons. The van der Waals surface area contributed by atoms with Gasteiger partial charge in [0.15, 0.2) is 0 Å². The maximum absolute atomic E-state index is 12.7. The van der Waals surface area contributed by atoms with E-state index in [0.717, 1.165) is 19.3 Å². The second-order valence-electron chi connectivity index (χ2n) is 7.84. The highest BCUT2D eigenvalue weighted by molar-refractivity contribution is 6.21. The summed E-state index contributed by atoms with van der Waals surface area (Å²) in [6.45, 7) is 3.06. The number of carboxylic acid groups (broad SMARTS) is 1. The van der Waals surface area contributed by atoms with Gasteiger partial charge in [-0.15, -0.1) is 0 Å². The second kappa shape index (κ2) is 7.13. The van der Waals surface area contributed by atoms with Gasteiger partial charge in [-0.1, -0.05) is 25.0 Å². The van der Waals surface area contributed by atoms with Crippen LogP contribution in [0.2, 0.25) is 0 Å². The topological polar surface area (TPSA) is 104 Å². The lowest BCUT2D eigenvalue weighted by Gasteiger charge is -2.34. The molecule has 1 aromatic rings. The van der Waals surface area contributed by atoms with Gasteiger partial charge in [0, 0.05) is 12.5 Å². The van der Waals surface area contributed by atoms with Gasteiger partial charge in [0.25, 0.3) is 11.8 Å². The van der Waals surface area contributed by atoms with Crippen LogP contribution in [-0.2, 0) is 9.59 Å². The van der Waals surface area contributed by atoms with E-state index in [-0.39, 0.29) is 30.2 Å². The van der Waals surface area contributed by atoms with Crippen molar-refractivity contribution in [2.75, 3.05) is 6.54 Å². The molecule has 3 rings (SSSR count). The molecule has 27 heavy (non-hydrogen) atoms. The zero-order valence-electron chi connectivity index (χ0n) is 15.5. The van der Waals surface area contributed by atoms with Crippen molar-refractivity contribution >= 4 is 23.7 Å². The minimum atomic E-state index is -1.37. The Morgan fingerprint density at radius 1 is 1.11 bits per heavy atom. The van der Waals surface area contributed by atoms with Crippen molar-refractivity contribution < 1.29 is 24.3 Å². The number of fused-ring (bicyclic) bond motifs is 1. The molecule has 2 N–H and O–H groups in total. The van der Waals surface area contributed by atoms with Gasteiger partial charge in [0.1, 0.15) is 5.54 Å². The fourth-order valence-electron chi connectivity index (χ4n) is 3.86. The van der Waals surface area contributed by atoms with Crippen molar-refractivity contribution in [3.05, 3.63) is 35.4 Å². The first-order valence-electron chi connectivity index (χ1n) is 9.23. The number of carboxylic acids is 1. The Labute approximate surface area is 157 Å². The highest BCUT2D eigenvalue weighted by atomic mass is 16.4. The summed E-state index contributed by atoms with van der Waals surface area (Å²) in [5.41, 5.74) is -0.577. The minimum absolute atomic E-state index is 0.175. The Balaban J connectivity index is 1.75. The number of amides is 3. The number of benzene rings is 1. The maximum Gasteiger partial charge on any atom is 0.328 e. The summed E-state index contributed by atoms with van der Waals surface area (Å²) in [5.74, 6) is -2.68. The molecule has 1 aliphatic heterocycles. The van der Waals surface area contributed by atoms with E-state index < -0.39 is 17.4 Å². The molecule has 2 atom stereocenters. The number of nitrogens with one attached hydrogen (secondary N) is 1. The summed E-state index contributed by atoms with van der Waals surface area (Å²) >= 11 is 0. The van der Waals surface area contributed by atoms with Gasteiger partial charge in [0.2, 0.25) is 5.91 Å². The van der Waals surface area contributed by atoms with Crippen LogP contribution < -0.4 is 5.32 Å². The third-order valence-corrected chi connectivity index (χ3v) is 5.51. The van der Waals surface area contributed by atoms with E-state index in [1.165, 1.54) is 18.7 Å². The zero-order valence-corrected chi connectivity index (χ0v) is 15.5. The van der Waals surface area contributed by atoms with Gasteiger partial charge in [-0.05, 0) is 44.7 Å². The molecule has 1 aromatic carbocycles. The molecule has 0 spiro atoms. The molecule has 0 bridgehead atoms. The first kappa shape index (κ1) is 19.1. The Hall–Kier alpha value is -2.70. The minimum Gasteiger partial charge on any atom is -0.480 e. The quantitative estimate of drug-likeness (QED) is 0.770. The molecule has 3 amide bonds. The van der Waals surface area contributed by atoms with Crippen molar-refractivity contribution in [2.24, 2.45) is 11.8 Å². The number of hydrogen-bond donors (Lipinski definition) is 2. The first-order chi connectivity index (χ1) is 12.7. The molecule has 0 aromatic heterocycles. The van der Waals surface area contributed by atoms with Gasteiger partial charge >= 0.3 is 5.97 Å². The molecular weight excluding hydrogens is 348 g/mol. The van der Waals surface area contributed by atoms with Crippen LogP contribution in [0.5, 0.6) is 0 Å². The molecular formula is C20H24N2O5. The Morgan fingerprint density at radius 3 is 2.22 bits per heavy atom. The number of carbonyl (C=O) groups excluding carboxylic acids is 3. The fraction of sp³-hybridized carbons (Fsp3) is 0.500. The molecule has 1 aliphatic carbocycles. The average Bonchev–Trinajstić information content (AvgIpc) is 2.87. The lowest BCUT2D eigenvalue weighted by Crippen LogP contribution is -2.53. The van der Waals surface area contributed by atoms with Crippen molar-refractivity contribution in [3.63, 3.8) is 0 Å². The number of hydrogen-bond acceptors (Lipinski definition) is 4. The number of imide groups is 1. The van der Waals surface area contributed by atoms with Crippen molar-refractivity contribution in [1.29, 1.82) is 0 Å². The van der Waals surface area contributed by atoms with E-state index in [1.54, 1.807) is 24.3 Å². The molecule has 1 heterocycles. The number of rotatable bonds is 5. The van der Waals surface area contributed by atoms with E-state index in [9.17, 15) is 24.3 Å². The predicted octanol–water partition coefficient (Wildman–Crippen LogP) is 2.07. The van der Waals surface area contributed by atoms with Crippen molar-refractivity contribution in [1.82, 2.24) is 10.2 Å². The molecule has 0 radical (unpaired) electrons. The van der Waals surface area contributed by atoms with E-state index in [1.807, 2.05) is 0 Å². The SMILES string of the molecule is CC(C)(NC(=O)C1CCCCC1CN1C(=O)c2ccccc2C1=O)C(=O)O. The standard InChI is InChI=1S/C20H24N2O5/c1-20(2,19(26)27)21-16(23)13-8-4-3-7-12(13)11-22-17(24)14-9-5-6-10-15(14)18(22)25/h5-6,9-10,12-13H,3-4,7-8,11H2,1-2H3,(H,21,23)(H,26,27). The van der Waals surface area contributed by atoms with E-state index in [0.29, 0.717) is 17.5 Å². The van der Waals surface area contributed by atoms with Gasteiger partial charge in [-0.2, -0.15) is 0 Å². The van der Waals surface area contributed by atoms with Crippen LogP contribution in [-0.4, -0.2) is 45.8 Å². The lowest BCUT2D eigenvalue weighted by molar-refractivity contribution is -0.147. The van der Waals surface area contributed by atoms with Crippen LogP contribution >= 0.6 is 0 Å². The van der Waals surface area contributed by atoms with E-state index >= 15 is 0 Å². The summed E-state index contributed by atoms with van der Waals surface area (Å²) in [5, 5.41) is 11.8. The first-order valence-corrected chi connectivity index (χ1v) is 9.23. The summed E-state index contributed by atoms with van der Waals surface area (Å²) in [6, 6.07) is 6.71. The molecule has 2 aliphatic rings. The number of carbonyl (C=O) groups is 4. The van der Waals surface area contributed by atoms with Crippen LogP contribution in [0.1, 0.15) is 60.2 Å². The van der Waals surface area contributed by atoms with E-state index in [4.69, 9.17) is 0 Å². The second-order valence-corrected chi connectivity index (χ2v) is 7.84. The predicted molar refractivity (Wildman–Crippen MR) is 97.1 cm³/mol. The fourth-order valence-corrected chi connectivity index (χ4v) is 3.86. The van der Waals surface area contributed by atoms with Gasteiger partial charge in [-0.25, -0.2) is 4.79 Å². The van der Waals surface area contributed by atoms with Crippen LogP contribution in [0.3, 0.4) is 0 Å². The van der Waals surface area contributed by atoms with Crippen LogP contribution in [0.25, 0.3) is 0 Å². The molecule has 2 unspecified atom stereocenters. The molecule has 1 saturated carbocycles. The summed E-state index contributed by atoms with van der Waals surface area (Å²) in [7, 11) is 0. The number of aliphatic carboxylic acids is 1. The third-order valence-electron chi connectivity index (χ3n) is 5.51.